The molecule has 9 heteroatoms. The number of allylic oxidation sites excluding steroid dienone is 18. The van der Waals surface area contributed by atoms with Crippen LogP contribution in [0.2, 0.25) is 0 Å². The molecule has 0 aromatic carbocycles. The highest BCUT2D eigenvalue weighted by atomic mass is 31.2. The van der Waals surface area contributed by atoms with Crippen molar-refractivity contribution < 1.29 is 37.9 Å². The molecule has 0 radical (unpaired) electrons. The van der Waals surface area contributed by atoms with Crippen molar-refractivity contribution in [2.75, 3.05) is 13.2 Å². The summed E-state index contributed by atoms with van der Waals surface area (Å²) in [5.74, 6) is -0.995. The van der Waals surface area contributed by atoms with E-state index in [2.05, 4.69) is 116 Å². The summed E-state index contributed by atoms with van der Waals surface area (Å²) in [6.07, 6.45) is 52.4. The summed E-state index contributed by atoms with van der Waals surface area (Å²) in [6, 6.07) is 0. The van der Waals surface area contributed by atoms with Crippen molar-refractivity contribution in [3.8, 4) is 0 Å². The van der Waals surface area contributed by atoms with Crippen LogP contribution in [0.15, 0.2) is 109 Å². The molecule has 1 atom stereocenters. The topological polar surface area (TPSA) is 119 Å². The number of esters is 2. The molecule has 0 aromatic heterocycles. The van der Waals surface area contributed by atoms with Crippen LogP contribution in [0.3, 0.4) is 0 Å². The van der Waals surface area contributed by atoms with Gasteiger partial charge < -0.3 is 19.3 Å². The molecule has 0 aliphatic heterocycles. The van der Waals surface area contributed by atoms with Crippen molar-refractivity contribution in [2.45, 2.75) is 136 Å². The molecule has 0 aliphatic rings. The molecule has 0 aromatic rings. The third-order valence-corrected chi connectivity index (χ3v) is 7.77. The van der Waals surface area contributed by atoms with Crippen molar-refractivity contribution in [3.05, 3.63) is 109 Å². The van der Waals surface area contributed by atoms with Gasteiger partial charge in [-0.25, -0.2) is 4.57 Å². The van der Waals surface area contributed by atoms with Crippen LogP contribution >= 0.6 is 7.82 Å². The number of phosphoric ester groups is 1. The molecule has 292 valence electrons. The summed E-state index contributed by atoms with van der Waals surface area (Å²) in [4.78, 5) is 42.7. The number of ether oxygens (including phenoxy) is 2. The zero-order valence-corrected chi connectivity index (χ0v) is 32.8. The molecule has 0 saturated carbocycles. The summed E-state index contributed by atoms with van der Waals surface area (Å²) >= 11 is 0. The zero-order valence-electron chi connectivity index (χ0n) is 31.9. The minimum Gasteiger partial charge on any atom is -0.462 e. The van der Waals surface area contributed by atoms with Crippen LogP contribution in [0.5, 0.6) is 0 Å². The van der Waals surface area contributed by atoms with Crippen LogP contribution in [0.4, 0.5) is 0 Å². The lowest BCUT2D eigenvalue weighted by Gasteiger charge is -2.18. The van der Waals surface area contributed by atoms with Gasteiger partial charge in [-0.1, -0.05) is 136 Å². The Kier molecular flexibility index (Phi) is 35.1. The molecule has 0 bridgehead atoms. The largest absolute Gasteiger partial charge is 0.469 e. The Balaban J connectivity index is 4.14. The fraction of sp³-hybridized carbons (Fsp3) is 0.535. The van der Waals surface area contributed by atoms with Gasteiger partial charge in [-0.05, 0) is 89.9 Å². The molecule has 0 unspecified atom stereocenters. The van der Waals surface area contributed by atoms with Crippen molar-refractivity contribution in [1.29, 1.82) is 0 Å². The number of rotatable bonds is 33. The maximum atomic E-state index is 12.4. The monoisotopic (exact) mass is 742 g/mol. The smallest absolute Gasteiger partial charge is 0.462 e. The molecule has 0 spiro atoms. The predicted octanol–water partition coefficient (Wildman–Crippen LogP) is 11.6. The number of phosphoric acid groups is 1. The number of hydrogen-bond donors (Lipinski definition) is 2. The van der Waals surface area contributed by atoms with E-state index in [1.807, 2.05) is 12.2 Å². The van der Waals surface area contributed by atoms with Gasteiger partial charge in [0.1, 0.15) is 6.61 Å². The number of carbonyl (C=O) groups is 2. The molecule has 8 nitrogen and oxygen atoms in total. The second-order valence-corrected chi connectivity index (χ2v) is 13.4. The average Bonchev–Trinajstić information content (AvgIpc) is 3.11. The molecule has 0 amide bonds. The lowest BCUT2D eigenvalue weighted by atomic mass is 10.1. The first-order valence-electron chi connectivity index (χ1n) is 19.2. The molecular weight excluding hydrogens is 675 g/mol. The van der Waals surface area contributed by atoms with Gasteiger partial charge in [0.05, 0.1) is 6.61 Å². The minimum atomic E-state index is -4.78. The molecule has 0 heterocycles. The van der Waals surface area contributed by atoms with Crippen LogP contribution in [0.25, 0.3) is 0 Å². The van der Waals surface area contributed by atoms with Crippen molar-refractivity contribution in [2.24, 2.45) is 0 Å². The predicted molar refractivity (Wildman–Crippen MR) is 216 cm³/mol. The minimum absolute atomic E-state index is 0.121. The first-order valence-corrected chi connectivity index (χ1v) is 20.7. The van der Waals surface area contributed by atoms with Crippen molar-refractivity contribution >= 4 is 19.8 Å². The number of carbonyl (C=O) groups excluding carboxylic acids is 2. The Morgan fingerprint density at radius 2 is 0.885 bits per heavy atom. The fourth-order valence-corrected chi connectivity index (χ4v) is 4.88. The van der Waals surface area contributed by atoms with E-state index in [0.717, 1.165) is 83.5 Å². The summed E-state index contributed by atoms with van der Waals surface area (Å²) in [5, 5.41) is 0. The second-order valence-electron chi connectivity index (χ2n) is 12.1. The molecule has 0 saturated heterocycles. The third-order valence-electron chi connectivity index (χ3n) is 7.29. The van der Waals surface area contributed by atoms with E-state index in [9.17, 15) is 14.2 Å². The summed E-state index contributed by atoms with van der Waals surface area (Å²) < 4.78 is 26.3. The van der Waals surface area contributed by atoms with Crippen LogP contribution in [0.1, 0.15) is 129 Å². The van der Waals surface area contributed by atoms with Gasteiger partial charge in [0.15, 0.2) is 6.10 Å². The van der Waals surface area contributed by atoms with E-state index in [0.29, 0.717) is 19.3 Å². The molecule has 52 heavy (non-hydrogen) atoms. The summed E-state index contributed by atoms with van der Waals surface area (Å²) in [6.45, 7) is 3.36. The van der Waals surface area contributed by atoms with Gasteiger partial charge in [0.25, 0.3) is 0 Å². The average molecular weight is 743 g/mol. The standard InChI is InChI=1S/C43H67O8P/c1-3-5-7-9-11-13-15-17-19-21-23-25-27-29-31-33-35-37-42(44)49-39-41(40-50-52(46,47)48)51-43(45)38-36-34-32-30-28-26-24-22-20-18-16-14-12-10-8-6-4-2/h5-8,11-14,17-20,23-26,30,32,41H,3-4,9-10,15-16,21-22,27-29,31,33-40H2,1-2H3,(H2,46,47,48)/b7-5-,8-6-,13-11-,14-12-,19-17-,20-18-,25-23-,26-24-,32-30-/t41-/m1/s1. The van der Waals surface area contributed by atoms with Crippen LogP contribution < -0.4 is 0 Å². The highest BCUT2D eigenvalue weighted by Crippen LogP contribution is 2.35. The first kappa shape index (κ1) is 48.7. The SMILES string of the molecule is CC/C=C\C/C=C\C/C=C\C/C=C\C/C=C\CCCC(=O)O[C@H](COC(=O)CCCCCC/C=C\C/C=C\C/C=C\C/C=C\CC)COP(=O)(O)O. The molecule has 0 rings (SSSR count). The van der Waals surface area contributed by atoms with Crippen molar-refractivity contribution in [1.82, 2.24) is 0 Å². The van der Waals surface area contributed by atoms with E-state index < -0.39 is 32.5 Å². The quantitative estimate of drug-likeness (QED) is 0.0295. The van der Waals surface area contributed by atoms with Gasteiger partial charge >= 0.3 is 19.8 Å². The van der Waals surface area contributed by atoms with E-state index in [-0.39, 0.29) is 19.4 Å². The molecule has 0 fully saturated rings. The van der Waals surface area contributed by atoms with Crippen molar-refractivity contribution in [3.63, 3.8) is 0 Å². The summed E-state index contributed by atoms with van der Waals surface area (Å²) in [7, 11) is -4.78. The molecule has 0 aliphatic carbocycles. The lowest BCUT2D eigenvalue weighted by Crippen LogP contribution is -2.29. The maximum absolute atomic E-state index is 12.4. The highest BCUT2D eigenvalue weighted by molar-refractivity contribution is 7.46. The van der Waals surface area contributed by atoms with Gasteiger partial charge in [-0.15, -0.1) is 0 Å². The van der Waals surface area contributed by atoms with E-state index >= 15 is 0 Å². The van der Waals surface area contributed by atoms with Crippen LogP contribution in [-0.2, 0) is 28.2 Å². The maximum Gasteiger partial charge on any atom is 0.469 e. The molecule has 2 N–H and O–H groups in total. The van der Waals surface area contributed by atoms with Crippen LogP contribution in [0, 0.1) is 0 Å². The van der Waals surface area contributed by atoms with E-state index in [1.54, 1.807) is 0 Å². The Hall–Kier alpha value is -3.29. The van der Waals surface area contributed by atoms with Gasteiger partial charge in [0.2, 0.25) is 0 Å². The number of unbranched alkanes of at least 4 members (excludes halogenated alkanes) is 5. The van der Waals surface area contributed by atoms with Gasteiger partial charge in [0, 0.05) is 12.8 Å². The Labute approximate surface area is 315 Å². The zero-order chi connectivity index (χ0) is 38.2. The Morgan fingerprint density at radius 3 is 1.33 bits per heavy atom. The van der Waals surface area contributed by atoms with Gasteiger partial charge in [-0.2, -0.15) is 0 Å². The third kappa shape index (κ3) is 39.5. The fourth-order valence-electron chi connectivity index (χ4n) is 4.51. The highest BCUT2D eigenvalue weighted by Gasteiger charge is 2.22. The normalized spacial score (nSPS) is 13.7. The molecular formula is C43H67O8P. The first-order chi connectivity index (χ1) is 25.3. The van der Waals surface area contributed by atoms with E-state index in [4.69, 9.17) is 19.3 Å². The Bertz CT molecular complexity index is 1200. The van der Waals surface area contributed by atoms with Gasteiger partial charge in [-0.3, -0.25) is 14.1 Å². The van der Waals surface area contributed by atoms with E-state index in [1.165, 1.54) is 0 Å². The second kappa shape index (κ2) is 37.5. The number of hydrogen-bond acceptors (Lipinski definition) is 6. The lowest BCUT2D eigenvalue weighted by molar-refractivity contribution is -0.161. The van der Waals surface area contributed by atoms with Crippen LogP contribution in [-0.4, -0.2) is 41.0 Å². The Morgan fingerprint density at radius 1 is 0.500 bits per heavy atom. The summed E-state index contributed by atoms with van der Waals surface area (Å²) in [5.41, 5.74) is 0.